The summed E-state index contributed by atoms with van der Waals surface area (Å²) in [5, 5.41) is 0. The Labute approximate surface area is 143 Å². The average Bonchev–Trinajstić information content (AvgIpc) is 2.91. The predicted molar refractivity (Wildman–Crippen MR) is 91.3 cm³/mol. The second kappa shape index (κ2) is 9.10. The van der Waals surface area contributed by atoms with Gasteiger partial charge in [0.15, 0.2) is 11.6 Å². The number of nitrogens with two attached hydrogens (primary N) is 1. The van der Waals surface area contributed by atoms with Crippen molar-refractivity contribution in [3.8, 4) is 11.6 Å². The van der Waals surface area contributed by atoms with E-state index in [2.05, 4.69) is 14.9 Å². The molecule has 0 spiro atoms. The molecule has 7 heteroatoms. The van der Waals surface area contributed by atoms with Crippen molar-refractivity contribution in [2.75, 3.05) is 13.1 Å². The van der Waals surface area contributed by atoms with Gasteiger partial charge in [0.25, 0.3) is 0 Å². The van der Waals surface area contributed by atoms with Crippen molar-refractivity contribution in [2.24, 2.45) is 5.73 Å². The van der Waals surface area contributed by atoms with Crippen molar-refractivity contribution >= 4 is 24.8 Å². The summed E-state index contributed by atoms with van der Waals surface area (Å²) in [7, 11) is 0. The quantitative estimate of drug-likeness (QED) is 0.926. The van der Waals surface area contributed by atoms with Gasteiger partial charge in [-0.2, -0.15) is 0 Å². The second-order valence-corrected chi connectivity index (χ2v) is 5.38. The first-order valence-corrected chi connectivity index (χ1v) is 7.14. The van der Waals surface area contributed by atoms with Crippen LogP contribution >= 0.6 is 24.8 Å². The maximum Gasteiger partial charge on any atom is 0.195 e. The molecule has 1 fully saturated rings. The van der Waals surface area contributed by atoms with Crippen molar-refractivity contribution in [1.82, 2.24) is 14.9 Å². The van der Waals surface area contributed by atoms with Gasteiger partial charge in [-0.3, -0.25) is 4.90 Å². The van der Waals surface area contributed by atoms with E-state index in [9.17, 15) is 0 Å². The average molecular weight is 345 g/mol. The lowest BCUT2D eigenvalue weighted by molar-refractivity contribution is 0.264. The maximum atomic E-state index is 6.08. The summed E-state index contributed by atoms with van der Waals surface area (Å²) < 4.78 is 5.29. The monoisotopic (exact) mass is 344 g/mol. The molecular weight excluding hydrogens is 323 g/mol. The molecule has 0 bridgehead atoms. The molecule has 3 heterocycles. The fourth-order valence-corrected chi connectivity index (χ4v) is 2.63. The highest BCUT2D eigenvalue weighted by molar-refractivity contribution is 5.85. The van der Waals surface area contributed by atoms with Crippen LogP contribution in [-0.2, 0) is 6.54 Å². The highest BCUT2D eigenvalue weighted by Gasteiger charge is 2.15. The highest BCUT2D eigenvalue weighted by atomic mass is 35.5. The molecule has 22 heavy (non-hydrogen) atoms. The number of halogens is 2. The van der Waals surface area contributed by atoms with Gasteiger partial charge in [0.05, 0.1) is 6.26 Å². The van der Waals surface area contributed by atoms with Gasteiger partial charge < -0.3 is 10.2 Å². The molecule has 122 valence electrons. The molecule has 2 aromatic rings. The smallest absolute Gasteiger partial charge is 0.195 e. The molecule has 0 aliphatic carbocycles. The molecule has 3 rings (SSSR count). The first kappa shape index (κ1) is 18.9. The standard InChI is InChI=1S/C15H20N4O.2ClH/c16-13-4-1-2-6-19(11-13)10-12-8-17-15(18-9-12)14-5-3-7-20-14;;/h3,5,7-9,13H,1-2,4,6,10-11,16H2;2*1H. The van der Waals surface area contributed by atoms with E-state index in [-0.39, 0.29) is 24.8 Å². The lowest BCUT2D eigenvalue weighted by Gasteiger charge is -2.21. The molecule has 0 amide bonds. The van der Waals surface area contributed by atoms with E-state index in [1.165, 1.54) is 12.8 Å². The number of aromatic nitrogens is 2. The van der Waals surface area contributed by atoms with E-state index in [0.29, 0.717) is 17.6 Å². The lowest BCUT2D eigenvalue weighted by Crippen LogP contribution is -2.35. The normalized spacial score (nSPS) is 18.9. The Kier molecular flexibility index (Phi) is 7.82. The van der Waals surface area contributed by atoms with E-state index < -0.39 is 0 Å². The Balaban J connectivity index is 0.00000121. The number of nitrogens with zero attached hydrogens (tertiary/aromatic N) is 3. The van der Waals surface area contributed by atoms with Crippen molar-refractivity contribution in [1.29, 1.82) is 0 Å². The number of hydrogen-bond acceptors (Lipinski definition) is 5. The minimum atomic E-state index is 0. The fourth-order valence-electron chi connectivity index (χ4n) is 2.63. The Morgan fingerprint density at radius 2 is 2.00 bits per heavy atom. The van der Waals surface area contributed by atoms with Crippen LogP contribution in [-0.4, -0.2) is 34.0 Å². The van der Waals surface area contributed by atoms with Crippen molar-refractivity contribution in [3.63, 3.8) is 0 Å². The van der Waals surface area contributed by atoms with Crippen LogP contribution in [0.4, 0.5) is 0 Å². The van der Waals surface area contributed by atoms with Crippen LogP contribution in [0.1, 0.15) is 24.8 Å². The zero-order valence-electron chi connectivity index (χ0n) is 12.4. The highest BCUT2D eigenvalue weighted by Crippen LogP contribution is 2.16. The van der Waals surface area contributed by atoms with E-state index in [1.54, 1.807) is 6.26 Å². The third-order valence-electron chi connectivity index (χ3n) is 3.65. The van der Waals surface area contributed by atoms with Gasteiger partial charge in [-0.1, -0.05) is 6.42 Å². The Morgan fingerprint density at radius 1 is 1.23 bits per heavy atom. The molecule has 1 aliphatic heterocycles. The van der Waals surface area contributed by atoms with Crippen LogP contribution in [0, 0.1) is 0 Å². The minimum Gasteiger partial charge on any atom is -0.461 e. The largest absolute Gasteiger partial charge is 0.461 e. The van der Waals surface area contributed by atoms with Gasteiger partial charge in [0.1, 0.15) is 0 Å². The number of hydrogen-bond donors (Lipinski definition) is 1. The number of rotatable bonds is 3. The van der Waals surface area contributed by atoms with Crippen LogP contribution in [0.5, 0.6) is 0 Å². The molecule has 0 aromatic carbocycles. The SMILES string of the molecule is Cl.Cl.NC1CCCCN(Cc2cnc(-c3ccco3)nc2)C1. The van der Waals surface area contributed by atoms with E-state index >= 15 is 0 Å². The molecule has 0 saturated carbocycles. The summed E-state index contributed by atoms with van der Waals surface area (Å²) in [6.07, 6.45) is 8.96. The van der Waals surface area contributed by atoms with Crippen molar-refractivity contribution < 1.29 is 4.42 Å². The maximum absolute atomic E-state index is 6.08. The molecule has 2 N–H and O–H groups in total. The summed E-state index contributed by atoms with van der Waals surface area (Å²) >= 11 is 0. The third-order valence-corrected chi connectivity index (χ3v) is 3.65. The molecule has 5 nitrogen and oxygen atoms in total. The van der Waals surface area contributed by atoms with Gasteiger partial charge in [0, 0.05) is 37.1 Å². The summed E-state index contributed by atoms with van der Waals surface area (Å²) in [6.45, 7) is 2.93. The predicted octanol–water partition coefficient (Wildman–Crippen LogP) is 2.89. The van der Waals surface area contributed by atoms with E-state index in [1.807, 2.05) is 24.5 Å². The zero-order valence-corrected chi connectivity index (χ0v) is 14.0. The number of likely N-dealkylation sites (tertiary alicyclic amines) is 1. The topological polar surface area (TPSA) is 68.2 Å². The van der Waals surface area contributed by atoms with Gasteiger partial charge >= 0.3 is 0 Å². The van der Waals surface area contributed by atoms with E-state index in [0.717, 1.165) is 31.6 Å². The molecule has 1 aliphatic rings. The molecule has 2 aromatic heterocycles. The zero-order chi connectivity index (χ0) is 13.8. The first-order valence-electron chi connectivity index (χ1n) is 7.14. The Bertz CT molecular complexity index is 533. The molecule has 1 atom stereocenters. The van der Waals surface area contributed by atoms with Crippen LogP contribution in [0.15, 0.2) is 35.2 Å². The van der Waals surface area contributed by atoms with Crippen molar-refractivity contribution in [2.45, 2.75) is 31.8 Å². The van der Waals surface area contributed by atoms with Crippen LogP contribution in [0.2, 0.25) is 0 Å². The van der Waals surface area contributed by atoms with Gasteiger partial charge in [-0.25, -0.2) is 9.97 Å². The van der Waals surface area contributed by atoms with Crippen molar-refractivity contribution in [3.05, 3.63) is 36.4 Å². The molecule has 1 saturated heterocycles. The summed E-state index contributed by atoms with van der Waals surface area (Å²) in [5.74, 6) is 1.33. The van der Waals surface area contributed by atoms with E-state index in [4.69, 9.17) is 10.2 Å². The molecular formula is C15H22Cl2N4O. The van der Waals surface area contributed by atoms with Gasteiger partial charge in [0.2, 0.25) is 0 Å². The molecule has 1 unspecified atom stereocenters. The fraction of sp³-hybridized carbons (Fsp3) is 0.467. The van der Waals surface area contributed by atoms with Crippen LogP contribution < -0.4 is 5.73 Å². The third kappa shape index (κ3) is 4.95. The first-order chi connectivity index (χ1) is 9.81. The Morgan fingerprint density at radius 3 is 2.68 bits per heavy atom. The minimum absolute atomic E-state index is 0. The second-order valence-electron chi connectivity index (χ2n) is 5.38. The van der Waals surface area contributed by atoms with Gasteiger partial charge in [-0.05, 0) is 31.5 Å². The van der Waals surface area contributed by atoms with Crippen LogP contribution in [0.25, 0.3) is 11.6 Å². The summed E-state index contributed by atoms with van der Waals surface area (Å²) in [6, 6.07) is 3.99. The Hall–Kier alpha value is -1.14. The molecule has 0 radical (unpaired) electrons. The lowest BCUT2D eigenvalue weighted by atomic mass is 10.2. The van der Waals surface area contributed by atoms with Crippen LogP contribution in [0.3, 0.4) is 0 Å². The van der Waals surface area contributed by atoms with Gasteiger partial charge in [-0.15, -0.1) is 24.8 Å². The number of furan rings is 1. The summed E-state index contributed by atoms with van der Waals surface area (Å²) in [5.41, 5.74) is 7.20. The summed E-state index contributed by atoms with van der Waals surface area (Å²) in [4.78, 5) is 11.1.